The standard InChI is InChI=1S/C10H12O.C2H4O2/c1-9(11)7-8-10-5-3-2-4-6-10;1-2(3)4/h2-9,11H,1H3;1H3,(H,3,4). The predicted octanol–water partition coefficient (Wildman–Crippen LogP) is 2.17. The summed E-state index contributed by atoms with van der Waals surface area (Å²) in [5.41, 5.74) is 1.12. The minimum absolute atomic E-state index is 0.366. The molecule has 1 aromatic carbocycles. The van der Waals surface area contributed by atoms with Crippen molar-refractivity contribution >= 4 is 12.0 Å². The van der Waals surface area contributed by atoms with Crippen LogP contribution in [0.2, 0.25) is 0 Å². The number of rotatable bonds is 2. The van der Waals surface area contributed by atoms with E-state index in [1.165, 1.54) is 0 Å². The van der Waals surface area contributed by atoms with Gasteiger partial charge in [-0.05, 0) is 12.5 Å². The number of benzene rings is 1. The molecule has 0 saturated heterocycles. The maximum atomic E-state index is 9.00. The van der Waals surface area contributed by atoms with Crippen LogP contribution in [-0.4, -0.2) is 22.3 Å². The molecule has 3 heteroatoms. The largest absolute Gasteiger partial charge is 0.481 e. The molecular weight excluding hydrogens is 192 g/mol. The molecule has 0 radical (unpaired) electrons. The van der Waals surface area contributed by atoms with Gasteiger partial charge in [-0.2, -0.15) is 0 Å². The molecule has 2 N–H and O–H groups in total. The lowest BCUT2D eigenvalue weighted by molar-refractivity contribution is -0.134. The fourth-order valence-corrected chi connectivity index (χ4v) is 0.815. The van der Waals surface area contributed by atoms with Gasteiger partial charge in [-0.3, -0.25) is 4.79 Å². The van der Waals surface area contributed by atoms with E-state index in [2.05, 4.69) is 0 Å². The highest BCUT2D eigenvalue weighted by molar-refractivity contribution is 5.62. The number of carbonyl (C=O) groups is 1. The first kappa shape index (κ1) is 13.4. The highest BCUT2D eigenvalue weighted by Crippen LogP contribution is 2.01. The molecule has 0 heterocycles. The van der Waals surface area contributed by atoms with Crippen LogP contribution in [0, 0.1) is 0 Å². The lowest BCUT2D eigenvalue weighted by Gasteiger charge is -1.93. The van der Waals surface area contributed by atoms with Gasteiger partial charge in [-0.1, -0.05) is 42.5 Å². The van der Waals surface area contributed by atoms with Crippen LogP contribution in [0.4, 0.5) is 0 Å². The first-order chi connectivity index (χ1) is 7.02. The van der Waals surface area contributed by atoms with Gasteiger partial charge in [0.2, 0.25) is 0 Å². The summed E-state index contributed by atoms with van der Waals surface area (Å²) in [6.07, 6.45) is 3.30. The van der Waals surface area contributed by atoms with Crippen molar-refractivity contribution < 1.29 is 15.0 Å². The quantitative estimate of drug-likeness (QED) is 0.783. The molecule has 1 aromatic rings. The van der Waals surface area contributed by atoms with Crippen LogP contribution < -0.4 is 0 Å². The average molecular weight is 208 g/mol. The highest BCUT2D eigenvalue weighted by atomic mass is 16.4. The first-order valence-corrected chi connectivity index (χ1v) is 4.63. The average Bonchev–Trinajstić information content (AvgIpc) is 2.15. The van der Waals surface area contributed by atoms with E-state index in [4.69, 9.17) is 15.0 Å². The second-order valence-electron chi connectivity index (χ2n) is 3.03. The van der Waals surface area contributed by atoms with Crippen molar-refractivity contribution in [2.75, 3.05) is 0 Å². The molecule has 0 fully saturated rings. The summed E-state index contributed by atoms with van der Waals surface area (Å²) in [6, 6.07) is 9.92. The summed E-state index contributed by atoms with van der Waals surface area (Å²) in [7, 11) is 0. The van der Waals surface area contributed by atoms with Gasteiger partial charge >= 0.3 is 0 Å². The Morgan fingerprint density at radius 1 is 1.33 bits per heavy atom. The molecule has 3 nitrogen and oxygen atoms in total. The molecule has 15 heavy (non-hydrogen) atoms. The van der Waals surface area contributed by atoms with Crippen molar-refractivity contribution in [3.8, 4) is 0 Å². The smallest absolute Gasteiger partial charge is 0.300 e. The minimum atomic E-state index is -0.833. The molecule has 0 aliphatic carbocycles. The normalized spacial score (nSPS) is 11.7. The fourth-order valence-electron chi connectivity index (χ4n) is 0.815. The monoisotopic (exact) mass is 208 g/mol. The van der Waals surface area contributed by atoms with E-state index in [1.54, 1.807) is 13.0 Å². The predicted molar refractivity (Wildman–Crippen MR) is 60.5 cm³/mol. The number of carboxylic acid groups (broad SMARTS) is 1. The van der Waals surface area contributed by atoms with Crippen molar-refractivity contribution in [1.29, 1.82) is 0 Å². The van der Waals surface area contributed by atoms with Crippen LogP contribution in [0.1, 0.15) is 19.4 Å². The topological polar surface area (TPSA) is 57.5 Å². The van der Waals surface area contributed by atoms with Crippen molar-refractivity contribution in [2.45, 2.75) is 20.0 Å². The Kier molecular flexibility index (Phi) is 6.93. The Morgan fingerprint density at radius 2 is 1.80 bits per heavy atom. The third-order valence-corrected chi connectivity index (χ3v) is 1.37. The molecule has 0 saturated carbocycles. The van der Waals surface area contributed by atoms with Crippen molar-refractivity contribution in [1.82, 2.24) is 0 Å². The zero-order valence-electron chi connectivity index (χ0n) is 8.92. The number of aliphatic carboxylic acids is 1. The van der Waals surface area contributed by atoms with Gasteiger partial charge in [0.25, 0.3) is 5.97 Å². The van der Waals surface area contributed by atoms with Gasteiger partial charge in [0.05, 0.1) is 6.10 Å². The number of carboxylic acids is 1. The highest BCUT2D eigenvalue weighted by Gasteiger charge is 1.85. The molecule has 1 rings (SSSR count). The summed E-state index contributed by atoms with van der Waals surface area (Å²) < 4.78 is 0. The van der Waals surface area contributed by atoms with E-state index in [0.29, 0.717) is 0 Å². The van der Waals surface area contributed by atoms with Gasteiger partial charge in [0, 0.05) is 6.92 Å². The third kappa shape index (κ3) is 10.3. The maximum absolute atomic E-state index is 9.00. The molecular formula is C12H16O3. The lowest BCUT2D eigenvalue weighted by Crippen LogP contribution is -1.90. The second kappa shape index (κ2) is 7.76. The molecule has 0 aliphatic rings. The number of aliphatic hydroxyl groups is 1. The van der Waals surface area contributed by atoms with E-state index in [0.717, 1.165) is 12.5 Å². The Bertz CT molecular complexity index is 298. The first-order valence-electron chi connectivity index (χ1n) is 4.63. The van der Waals surface area contributed by atoms with Crippen LogP contribution in [-0.2, 0) is 4.79 Å². The van der Waals surface area contributed by atoms with Crippen LogP contribution in [0.3, 0.4) is 0 Å². The van der Waals surface area contributed by atoms with E-state index >= 15 is 0 Å². The van der Waals surface area contributed by atoms with E-state index in [1.807, 2.05) is 36.4 Å². The molecule has 0 aliphatic heterocycles. The van der Waals surface area contributed by atoms with Crippen LogP contribution in [0.25, 0.3) is 6.08 Å². The lowest BCUT2D eigenvalue weighted by atomic mass is 10.2. The van der Waals surface area contributed by atoms with Gasteiger partial charge in [-0.25, -0.2) is 0 Å². The zero-order valence-corrected chi connectivity index (χ0v) is 8.92. The Labute approximate surface area is 89.7 Å². The molecule has 0 aromatic heterocycles. The van der Waals surface area contributed by atoms with E-state index < -0.39 is 5.97 Å². The third-order valence-electron chi connectivity index (χ3n) is 1.37. The van der Waals surface area contributed by atoms with Gasteiger partial charge < -0.3 is 10.2 Å². The molecule has 0 spiro atoms. The summed E-state index contributed by atoms with van der Waals surface area (Å²) in [5, 5.41) is 16.3. The van der Waals surface area contributed by atoms with Gasteiger partial charge in [0.1, 0.15) is 0 Å². The Hall–Kier alpha value is -1.61. The number of hydrogen-bond acceptors (Lipinski definition) is 2. The van der Waals surface area contributed by atoms with Crippen LogP contribution in [0.5, 0.6) is 0 Å². The Balaban J connectivity index is 0.000000423. The molecule has 1 atom stereocenters. The van der Waals surface area contributed by atoms with Crippen molar-refractivity contribution in [3.63, 3.8) is 0 Å². The van der Waals surface area contributed by atoms with Crippen LogP contribution >= 0.6 is 0 Å². The molecule has 0 bridgehead atoms. The van der Waals surface area contributed by atoms with Crippen LogP contribution in [0.15, 0.2) is 36.4 Å². The van der Waals surface area contributed by atoms with Crippen molar-refractivity contribution in [3.05, 3.63) is 42.0 Å². The van der Waals surface area contributed by atoms with Crippen molar-refractivity contribution in [2.24, 2.45) is 0 Å². The molecule has 82 valence electrons. The SMILES string of the molecule is CC(=O)O.CC(O)C=Cc1ccccc1. The molecule has 0 amide bonds. The van der Waals surface area contributed by atoms with Gasteiger partial charge in [-0.15, -0.1) is 0 Å². The van der Waals surface area contributed by atoms with E-state index in [-0.39, 0.29) is 6.10 Å². The summed E-state index contributed by atoms with van der Waals surface area (Å²) in [6.45, 7) is 2.82. The number of hydrogen-bond donors (Lipinski definition) is 2. The maximum Gasteiger partial charge on any atom is 0.300 e. The second-order valence-corrected chi connectivity index (χ2v) is 3.03. The van der Waals surface area contributed by atoms with Gasteiger partial charge in [0.15, 0.2) is 0 Å². The number of aliphatic hydroxyl groups excluding tert-OH is 1. The van der Waals surface area contributed by atoms with E-state index in [9.17, 15) is 0 Å². The summed E-state index contributed by atoms with van der Waals surface area (Å²) in [4.78, 5) is 9.00. The molecule has 1 unspecified atom stereocenters. The summed E-state index contributed by atoms with van der Waals surface area (Å²) >= 11 is 0. The Morgan fingerprint density at radius 3 is 2.20 bits per heavy atom. The minimum Gasteiger partial charge on any atom is -0.481 e. The fraction of sp³-hybridized carbons (Fsp3) is 0.250. The zero-order chi connectivity index (χ0) is 11.7. The summed E-state index contributed by atoms with van der Waals surface area (Å²) in [5.74, 6) is -0.833.